The number of carbonyl (C=O) groups excluding carboxylic acids is 2. The summed E-state index contributed by atoms with van der Waals surface area (Å²) in [5.41, 5.74) is -12.1. The quantitative estimate of drug-likeness (QED) is 0.259. The summed E-state index contributed by atoms with van der Waals surface area (Å²) < 4.78 is 117. The van der Waals surface area contributed by atoms with E-state index in [9.17, 15) is 58.6 Å². The maximum Gasteiger partial charge on any atom is 0.435 e. The van der Waals surface area contributed by atoms with Crippen LogP contribution in [0.2, 0.25) is 0 Å². The van der Waals surface area contributed by atoms with Gasteiger partial charge in [-0.25, -0.2) is 17.6 Å². The van der Waals surface area contributed by atoms with Gasteiger partial charge in [-0.1, -0.05) is 12.1 Å². The highest BCUT2D eigenvalue weighted by Gasteiger charge is 2.73. The number of carboxylic acids is 1. The number of nitrogens with one attached hydrogen (secondary N) is 2. The van der Waals surface area contributed by atoms with E-state index < -0.39 is 79.3 Å². The van der Waals surface area contributed by atoms with Crippen LogP contribution < -0.4 is 10.6 Å². The second-order valence-corrected chi connectivity index (χ2v) is 12.5. The van der Waals surface area contributed by atoms with Gasteiger partial charge in [-0.2, -0.15) is 26.3 Å². The minimum Gasteiger partial charge on any atom is -0.478 e. The maximum absolute atomic E-state index is 14.5. The van der Waals surface area contributed by atoms with E-state index >= 15 is 0 Å². The Hall–Kier alpha value is -2.96. The Labute approximate surface area is 236 Å². The normalized spacial score (nSPS) is 13.1. The molecule has 2 aromatic carbocycles. The second-order valence-electron chi connectivity index (χ2n) is 9.24. The molecular weight excluding hydrogens is 692 g/mol. The number of carbonyl (C=O) groups is 3. The molecule has 0 bridgehead atoms. The zero-order chi connectivity index (χ0) is 31.1. The topological polar surface area (TPSA) is 130 Å². The summed E-state index contributed by atoms with van der Waals surface area (Å²) in [5.74, 6) is -4.67. The van der Waals surface area contributed by atoms with Crippen molar-refractivity contribution in [2.75, 3.05) is 17.3 Å². The third-order valence-electron chi connectivity index (χ3n) is 5.24. The van der Waals surface area contributed by atoms with Crippen LogP contribution in [0.15, 0.2) is 36.4 Å². The van der Waals surface area contributed by atoms with Crippen molar-refractivity contribution in [2.45, 2.75) is 37.4 Å². The Balaban J connectivity index is 2.55. The van der Waals surface area contributed by atoms with Gasteiger partial charge in [-0.15, -0.1) is 0 Å². The number of anilines is 1. The first-order chi connectivity index (χ1) is 17.9. The average molecular weight is 712 g/mol. The summed E-state index contributed by atoms with van der Waals surface area (Å²) in [7, 11) is -3.55. The Morgan fingerprint density at radius 2 is 1.45 bits per heavy atom. The number of hydrogen-bond acceptors (Lipinski definition) is 5. The van der Waals surface area contributed by atoms with Crippen LogP contribution in [0.4, 0.5) is 36.4 Å². The number of amides is 2. The van der Waals surface area contributed by atoms with Crippen LogP contribution in [0, 0.1) is 3.57 Å². The Kier molecular flexibility index (Phi) is 9.26. The molecule has 0 saturated carbocycles. The van der Waals surface area contributed by atoms with Crippen LogP contribution >= 0.6 is 22.6 Å². The van der Waals surface area contributed by atoms with E-state index in [-0.39, 0.29) is 21.3 Å². The van der Waals surface area contributed by atoms with Gasteiger partial charge in [0.05, 0.1) is 28.1 Å². The molecule has 0 atom stereocenters. The third-order valence-corrected chi connectivity index (χ3v) is 7.38. The van der Waals surface area contributed by atoms with Gasteiger partial charge in [0.1, 0.15) is 9.84 Å². The summed E-state index contributed by atoms with van der Waals surface area (Å²) in [5, 5.41) is 13.9. The molecule has 0 radical (unpaired) electrons. The minimum absolute atomic E-state index is 0.0269. The molecule has 17 heteroatoms. The first kappa shape index (κ1) is 33.2. The van der Waals surface area contributed by atoms with Gasteiger partial charge in [0.15, 0.2) is 0 Å². The van der Waals surface area contributed by atoms with Crippen molar-refractivity contribution in [1.82, 2.24) is 5.32 Å². The predicted octanol–water partition coefficient (Wildman–Crippen LogP) is 5.08. The van der Waals surface area contributed by atoms with Crippen molar-refractivity contribution in [3.05, 3.63) is 62.2 Å². The summed E-state index contributed by atoms with van der Waals surface area (Å²) in [4.78, 5) is 37.7. The zero-order valence-corrected chi connectivity index (χ0v) is 23.6. The molecule has 2 amide bonds. The fourth-order valence-electron chi connectivity index (χ4n) is 3.73. The van der Waals surface area contributed by atoms with Gasteiger partial charge >= 0.3 is 24.0 Å². The molecule has 40 heavy (non-hydrogen) atoms. The number of alkyl halides is 7. The first-order valence-corrected chi connectivity index (χ1v) is 13.9. The highest BCUT2D eigenvalue weighted by molar-refractivity contribution is 14.1. The number of carboxylic acid groups (broad SMARTS) is 1. The lowest BCUT2D eigenvalue weighted by atomic mass is 9.92. The van der Waals surface area contributed by atoms with Crippen LogP contribution in [0.5, 0.6) is 0 Å². The molecule has 0 saturated heterocycles. The lowest BCUT2D eigenvalue weighted by Crippen LogP contribution is -2.50. The van der Waals surface area contributed by atoms with E-state index in [1.165, 1.54) is 26.0 Å². The van der Waals surface area contributed by atoms with Gasteiger partial charge in [0.2, 0.25) is 0 Å². The largest absolute Gasteiger partial charge is 0.478 e. The van der Waals surface area contributed by atoms with E-state index in [1.54, 1.807) is 22.6 Å². The SMILES string of the molecule is CC(C)(CS(C)(=O)=O)NC(=O)c1c(I)cccc1C(=O)Nc1ccc(C(F)(C(F)(F)F)C(F)(F)F)cc1C(=O)O. The maximum atomic E-state index is 14.5. The molecule has 0 heterocycles. The number of benzene rings is 2. The van der Waals surface area contributed by atoms with Gasteiger partial charge < -0.3 is 15.7 Å². The molecule has 220 valence electrons. The molecule has 0 aliphatic carbocycles. The number of sulfone groups is 1. The molecule has 0 spiro atoms. The molecule has 0 unspecified atom stereocenters. The number of halogens is 8. The van der Waals surface area contributed by atoms with E-state index in [2.05, 4.69) is 5.32 Å². The van der Waals surface area contributed by atoms with Crippen LogP contribution in [0.3, 0.4) is 0 Å². The lowest BCUT2D eigenvalue weighted by molar-refractivity contribution is -0.348. The molecule has 0 aliphatic heterocycles. The van der Waals surface area contributed by atoms with E-state index in [1.807, 2.05) is 5.32 Å². The number of aromatic carboxylic acids is 1. The van der Waals surface area contributed by atoms with E-state index in [0.717, 1.165) is 12.3 Å². The smallest absolute Gasteiger partial charge is 0.435 e. The Morgan fingerprint density at radius 3 is 1.93 bits per heavy atom. The fraction of sp³-hybridized carbons (Fsp3) is 0.348. The van der Waals surface area contributed by atoms with Crippen LogP contribution in [-0.4, -0.2) is 61.2 Å². The van der Waals surface area contributed by atoms with Crippen molar-refractivity contribution in [1.29, 1.82) is 0 Å². The molecule has 2 aromatic rings. The minimum atomic E-state index is -6.50. The van der Waals surface area contributed by atoms with Crippen LogP contribution in [0.25, 0.3) is 0 Å². The fourth-order valence-corrected chi connectivity index (χ4v) is 5.85. The van der Waals surface area contributed by atoms with Crippen molar-refractivity contribution in [2.24, 2.45) is 0 Å². The molecule has 2 rings (SSSR count). The molecular formula is C23H20F7IN2O6S. The van der Waals surface area contributed by atoms with Crippen molar-refractivity contribution >= 4 is 55.9 Å². The van der Waals surface area contributed by atoms with E-state index in [4.69, 9.17) is 0 Å². The van der Waals surface area contributed by atoms with Crippen molar-refractivity contribution in [3.8, 4) is 0 Å². The zero-order valence-electron chi connectivity index (χ0n) is 20.6. The monoisotopic (exact) mass is 712 g/mol. The predicted molar refractivity (Wildman–Crippen MR) is 137 cm³/mol. The summed E-state index contributed by atoms with van der Waals surface area (Å²) in [6.45, 7) is 2.80. The molecule has 0 fully saturated rings. The van der Waals surface area contributed by atoms with Crippen molar-refractivity contribution < 1.29 is 58.6 Å². The Bertz CT molecular complexity index is 1440. The van der Waals surface area contributed by atoms with Gasteiger partial charge in [0, 0.05) is 20.9 Å². The first-order valence-electron chi connectivity index (χ1n) is 10.7. The van der Waals surface area contributed by atoms with E-state index in [0.29, 0.717) is 6.07 Å². The highest BCUT2D eigenvalue weighted by Crippen LogP contribution is 2.53. The van der Waals surface area contributed by atoms with Crippen LogP contribution in [0.1, 0.15) is 50.5 Å². The Morgan fingerprint density at radius 1 is 0.900 bits per heavy atom. The molecule has 0 aliphatic rings. The summed E-state index contributed by atoms with van der Waals surface area (Å²) in [6, 6.07) is 4.02. The second kappa shape index (κ2) is 11.1. The lowest BCUT2D eigenvalue weighted by Gasteiger charge is -2.30. The average Bonchev–Trinajstić information content (AvgIpc) is 2.74. The number of rotatable bonds is 8. The van der Waals surface area contributed by atoms with Gasteiger partial charge in [-0.3, -0.25) is 9.59 Å². The summed E-state index contributed by atoms with van der Waals surface area (Å²) in [6.07, 6.45) is -12.1. The van der Waals surface area contributed by atoms with Gasteiger partial charge in [0.25, 0.3) is 11.8 Å². The van der Waals surface area contributed by atoms with Crippen molar-refractivity contribution in [3.63, 3.8) is 0 Å². The highest BCUT2D eigenvalue weighted by atomic mass is 127. The van der Waals surface area contributed by atoms with Crippen LogP contribution in [-0.2, 0) is 15.5 Å². The third kappa shape index (κ3) is 7.21. The standard InChI is InChI=1S/C23H20F7IN2O6S/c1-20(2,10-40(3,38)39)33-18(35)16-12(5-4-6-14(16)31)17(34)32-15-8-7-11(9-13(15)19(36)37)21(24,22(25,26)27)23(28,29)30/h4-9H,10H2,1-3H3,(H,32,34)(H,33,35)(H,36,37). The summed E-state index contributed by atoms with van der Waals surface area (Å²) >= 11 is 1.68. The number of hydrogen-bond donors (Lipinski definition) is 3. The molecule has 3 N–H and O–H groups in total. The molecule has 0 aromatic heterocycles. The van der Waals surface area contributed by atoms with Gasteiger partial charge in [-0.05, 0) is 60.7 Å². The molecule has 8 nitrogen and oxygen atoms in total.